The van der Waals surface area contributed by atoms with Crippen molar-refractivity contribution in [1.82, 2.24) is 9.80 Å². The van der Waals surface area contributed by atoms with Crippen molar-refractivity contribution in [2.75, 3.05) is 52.5 Å². The Balaban J connectivity index is 1.60. The van der Waals surface area contributed by atoms with E-state index in [0.29, 0.717) is 13.2 Å². The zero-order valence-electron chi connectivity index (χ0n) is 21.6. The summed E-state index contributed by atoms with van der Waals surface area (Å²) in [7, 11) is 0. The van der Waals surface area contributed by atoms with Crippen LogP contribution in [0.2, 0.25) is 0 Å². The summed E-state index contributed by atoms with van der Waals surface area (Å²) in [6.45, 7) is 16.3. The van der Waals surface area contributed by atoms with Gasteiger partial charge in [0, 0.05) is 24.2 Å². The fraction of sp³-hybridized carbons (Fsp3) is 0.552. The SMILES string of the molecule is CCCN(CCC)CCOc1ccc2c(c1)C(=O)c1cc(OCCN(CCC)CCC)ccc1-2. The van der Waals surface area contributed by atoms with Crippen LogP contribution in [0.4, 0.5) is 0 Å². The van der Waals surface area contributed by atoms with Crippen LogP contribution in [0.25, 0.3) is 11.1 Å². The van der Waals surface area contributed by atoms with E-state index in [1.54, 1.807) is 0 Å². The summed E-state index contributed by atoms with van der Waals surface area (Å²) in [6.07, 6.45) is 4.58. The molecule has 5 heteroatoms. The number of benzene rings is 2. The molecule has 2 aromatic carbocycles. The Morgan fingerprint density at radius 2 is 0.941 bits per heavy atom. The summed E-state index contributed by atoms with van der Waals surface area (Å²) in [6, 6.07) is 11.8. The lowest BCUT2D eigenvalue weighted by Gasteiger charge is -2.21. The molecule has 1 aliphatic carbocycles. The molecule has 5 nitrogen and oxygen atoms in total. The Morgan fingerprint density at radius 1 is 0.559 bits per heavy atom. The Labute approximate surface area is 206 Å². The van der Waals surface area contributed by atoms with Gasteiger partial charge in [-0.25, -0.2) is 0 Å². The van der Waals surface area contributed by atoms with Crippen LogP contribution >= 0.6 is 0 Å². The van der Waals surface area contributed by atoms with E-state index < -0.39 is 0 Å². The van der Waals surface area contributed by atoms with Crippen LogP contribution in [0.3, 0.4) is 0 Å². The number of rotatable bonds is 16. The number of ether oxygens (including phenoxy) is 2. The van der Waals surface area contributed by atoms with Crippen molar-refractivity contribution in [2.45, 2.75) is 53.4 Å². The highest BCUT2D eigenvalue weighted by Crippen LogP contribution is 2.39. The highest BCUT2D eigenvalue weighted by Gasteiger charge is 2.27. The normalized spacial score (nSPS) is 12.4. The molecule has 0 heterocycles. The lowest BCUT2D eigenvalue weighted by Crippen LogP contribution is -2.30. The first kappa shape index (κ1) is 26.2. The van der Waals surface area contributed by atoms with Gasteiger partial charge >= 0.3 is 0 Å². The number of carbonyl (C=O) groups excluding carboxylic acids is 1. The van der Waals surface area contributed by atoms with Gasteiger partial charge in [-0.3, -0.25) is 14.6 Å². The number of ketones is 1. The highest BCUT2D eigenvalue weighted by molar-refractivity contribution is 6.22. The standard InChI is InChI=1S/C29H42N2O3/c1-5-13-30(14-6-2)17-19-33-23-9-11-25-26-12-10-24(22-28(26)29(32)27(25)21-23)34-20-18-31(15-7-3)16-8-4/h9-12,21-22H,5-8,13-20H2,1-4H3. The summed E-state index contributed by atoms with van der Waals surface area (Å²) in [5, 5.41) is 0. The number of hydrogen-bond acceptors (Lipinski definition) is 5. The molecule has 0 unspecified atom stereocenters. The van der Waals surface area contributed by atoms with Crippen molar-refractivity contribution in [2.24, 2.45) is 0 Å². The largest absolute Gasteiger partial charge is 0.492 e. The fourth-order valence-electron chi connectivity index (χ4n) is 4.74. The average Bonchev–Trinajstić information content (AvgIpc) is 3.11. The number of carbonyl (C=O) groups is 1. The Hall–Kier alpha value is -2.37. The summed E-state index contributed by atoms with van der Waals surface area (Å²) in [5.41, 5.74) is 3.41. The van der Waals surface area contributed by atoms with E-state index in [9.17, 15) is 4.79 Å². The number of nitrogens with zero attached hydrogens (tertiary/aromatic N) is 2. The van der Waals surface area contributed by atoms with Gasteiger partial charge in [0.2, 0.25) is 0 Å². The monoisotopic (exact) mass is 466 g/mol. The Kier molecular flexibility index (Phi) is 10.4. The summed E-state index contributed by atoms with van der Waals surface area (Å²) < 4.78 is 12.0. The molecule has 2 aromatic rings. The maximum atomic E-state index is 13.2. The van der Waals surface area contributed by atoms with E-state index in [0.717, 1.165) is 98.7 Å². The van der Waals surface area contributed by atoms with Crippen molar-refractivity contribution < 1.29 is 14.3 Å². The summed E-state index contributed by atoms with van der Waals surface area (Å²) in [5.74, 6) is 1.57. The third-order valence-corrected chi connectivity index (χ3v) is 6.27. The van der Waals surface area contributed by atoms with Gasteiger partial charge in [-0.2, -0.15) is 0 Å². The van der Waals surface area contributed by atoms with E-state index >= 15 is 0 Å². The van der Waals surface area contributed by atoms with E-state index in [-0.39, 0.29) is 5.78 Å². The van der Waals surface area contributed by atoms with Crippen LogP contribution in [-0.4, -0.2) is 68.1 Å². The lowest BCUT2D eigenvalue weighted by atomic mass is 10.1. The second kappa shape index (κ2) is 13.5. The smallest absolute Gasteiger partial charge is 0.194 e. The third kappa shape index (κ3) is 6.83. The minimum atomic E-state index is 0.0538. The van der Waals surface area contributed by atoms with E-state index in [4.69, 9.17) is 9.47 Å². The molecule has 0 atom stereocenters. The molecule has 0 saturated heterocycles. The molecule has 0 radical (unpaired) electrons. The predicted molar refractivity (Wildman–Crippen MR) is 140 cm³/mol. The van der Waals surface area contributed by atoms with Crippen LogP contribution < -0.4 is 9.47 Å². The van der Waals surface area contributed by atoms with E-state index in [1.807, 2.05) is 36.4 Å². The Bertz CT molecular complexity index is 842. The zero-order chi connectivity index (χ0) is 24.3. The molecule has 0 bridgehead atoms. The molecule has 0 N–H and O–H groups in total. The van der Waals surface area contributed by atoms with Crippen molar-refractivity contribution in [1.29, 1.82) is 0 Å². The van der Waals surface area contributed by atoms with Gasteiger partial charge in [-0.15, -0.1) is 0 Å². The first-order chi connectivity index (χ1) is 16.6. The van der Waals surface area contributed by atoms with Crippen LogP contribution in [-0.2, 0) is 0 Å². The predicted octanol–water partition coefficient (Wildman–Crippen LogP) is 5.90. The molecule has 34 heavy (non-hydrogen) atoms. The molecule has 186 valence electrons. The molecule has 0 saturated carbocycles. The number of fused-ring (bicyclic) bond motifs is 3. The maximum Gasteiger partial charge on any atom is 0.194 e. The minimum Gasteiger partial charge on any atom is -0.492 e. The van der Waals surface area contributed by atoms with Gasteiger partial charge in [0.1, 0.15) is 24.7 Å². The van der Waals surface area contributed by atoms with Crippen LogP contribution in [0, 0.1) is 0 Å². The van der Waals surface area contributed by atoms with E-state index in [2.05, 4.69) is 37.5 Å². The van der Waals surface area contributed by atoms with Gasteiger partial charge in [0.05, 0.1) is 0 Å². The van der Waals surface area contributed by atoms with Gasteiger partial charge in [0.25, 0.3) is 0 Å². The second-order valence-corrected chi connectivity index (χ2v) is 9.12. The van der Waals surface area contributed by atoms with Crippen molar-refractivity contribution >= 4 is 5.78 Å². The third-order valence-electron chi connectivity index (χ3n) is 6.27. The highest BCUT2D eigenvalue weighted by atomic mass is 16.5. The molecule has 0 aliphatic heterocycles. The van der Waals surface area contributed by atoms with E-state index in [1.165, 1.54) is 0 Å². The molecular formula is C29H42N2O3. The molecule has 0 spiro atoms. The molecular weight excluding hydrogens is 424 g/mol. The maximum absolute atomic E-state index is 13.2. The van der Waals surface area contributed by atoms with Crippen LogP contribution in [0.15, 0.2) is 36.4 Å². The first-order valence-corrected chi connectivity index (χ1v) is 13.1. The first-order valence-electron chi connectivity index (χ1n) is 13.1. The zero-order valence-corrected chi connectivity index (χ0v) is 21.6. The lowest BCUT2D eigenvalue weighted by molar-refractivity contribution is 0.104. The molecule has 1 aliphatic rings. The van der Waals surface area contributed by atoms with Crippen LogP contribution in [0.1, 0.15) is 69.3 Å². The van der Waals surface area contributed by atoms with Crippen molar-refractivity contribution in [3.8, 4) is 22.6 Å². The minimum absolute atomic E-state index is 0.0538. The molecule has 3 rings (SSSR count). The Morgan fingerprint density at radius 3 is 1.29 bits per heavy atom. The molecule has 0 amide bonds. The molecule has 0 aromatic heterocycles. The van der Waals surface area contributed by atoms with Gasteiger partial charge in [-0.1, -0.05) is 27.7 Å². The topological polar surface area (TPSA) is 42.0 Å². The summed E-state index contributed by atoms with van der Waals surface area (Å²) in [4.78, 5) is 18.0. The van der Waals surface area contributed by atoms with Gasteiger partial charge in [-0.05, 0) is 99.4 Å². The average molecular weight is 467 g/mol. The number of hydrogen-bond donors (Lipinski definition) is 0. The van der Waals surface area contributed by atoms with Crippen LogP contribution in [0.5, 0.6) is 11.5 Å². The van der Waals surface area contributed by atoms with Gasteiger partial charge in [0.15, 0.2) is 5.78 Å². The second-order valence-electron chi connectivity index (χ2n) is 9.12. The van der Waals surface area contributed by atoms with Gasteiger partial charge < -0.3 is 9.47 Å². The van der Waals surface area contributed by atoms with Crippen molar-refractivity contribution in [3.05, 3.63) is 47.5 Å². The van der Waals surface area contributed by atoms with Crippen molar-refractivity contribution in [3.63, 3.8) is 0 Å². The quantitative estimate of drug-likeness (QED) is 0.263. The fourth-order valence-corrected chi connectivity index (χ4v) is 4.74. The molecule has 0 fully saturated rings. The summed E-state index contributed by atoms with van der Waals surface area (Å²) >= 11 is 0.